The molecule has 1 fully saturated rings. The van der Waals surface area contributed by atoms with Gasteiger partial charge in [-0.1, -0.05) is 25.1 Å². The van der Waals surface area contributed by atoms with Crippen LogP contribution in [0.25, 0.3) is 0 Å². The van der Waals surface area contributed by atoms with E-state index in [9.17, 15) is 0 Å². The normalized spacial score (nSPS) is 17.0. The lowest BCUT2D eigenvalue weighted by Crippen LogP contribution is -2.47. The highest BCUT2D eigenvalue weighted by molar-refractivity contribution is 7.80. The Morgan fingerprint density at radius 3 is 2.57 bits per heavy atom. The number of nitrogens with one attached hydrogen (secondary N) is 1. The number of hydrogen-bond acceptors (Lipinski definition) is 4. The van der Waals surface area contributed by atoms with Gasteiger partial charge in [0.2, 0.25) is 0 Å². The van der Waals surface area contributed by atoms with Crippen LogP contribution in [0.2, 0.25) is 0 Å². The van der Waals surface area contributed by atoms with E-state index in [1.165, 1.54) is 25.7 Å². The Morgan fingerprint density at radius 2 is 2.05 bits per heavy atom. The maximum atomic E-state index is 5.82. The standard InChI is InChI=1S/C16H25N3OS/c1-19(2)16(8-4-5-9-16)11-18-14-10-12(20-3)6-7-13(14)15(17)21/h6-7,10,18H,4-5,8-9,11H2,1-3H3,(H2,17,21). The molecule has 0 heterocycles. The molecule has 1 aliphatic rings. The topological polar surface area (TPSA) is 50.5 Å². The zero-order valence-electron chi connectivity index (χ0n) is 13.1. The number of methoxy groups -OCH3 is 1. The van der Waals surface area contributed by atoms with Crippen LogP contribution in [0.4, 0.5) is 5.69 Å². The van der Waals surface area contributed by atoms with Gasteiger partial charge in [-0.25, -0.2) is 0 Å². The number of nitrogens with zero attached hydrogens (tertiary/aromatic N) is 1. The second-order valence-electron chi connectivity index (χ2n) is 5.96. The summed E-state index contributed by atoms with van der Waals surface area (Å²) in [6, 6.07) is 5.77. The summed E-state index contributed by atoms with van der Waals surface area (Å²) in [5.74, 6) is 0.808. The van der Waals surface area contributed by atoms with Crippen molar-refractivity contribution in [2.24, 2.45) is 5.73 Å². The van der Waals surface area contributed by atoms with Crippen LogP contribution in [0.3, 0.4) is 0 Å². The van der Waals surface area contributed by atoms with Gasteiger partial charge in [-0.3, -0.25) is 0 Å². The molecule has 0 radical (unpaired) electrons. The first-order valence-corrected chi connectivity index (χ1v) is 7.78. The van der Waals surface area contributed by atoms with E-state index in [-0.39, 0.29) is 5.54 Å². The highest BCUT2D eigenvalue weighted by atomic mass is 32.1. The van der Waals surface area contributed by atoms with Crippen LogP contribution in [-0.4, -0.2) is 43.2 Å². The highest BCUT2D eigenvalue weighted by Gasteiger charge is 2.35. The number of benzene rings is 1. The fourth-order valence-electron chi connectivity index (χ4n) is 3.09. The molecule has 0 unspecified atom stereocenters. The average molecular weight is 307 g/mol. The summed E-state index contributed by atoms with van der Waals surface area (Å²) in [5.41, 5.74) is 7.87. The first-order valence-electron chi connectivity index (χ1n) is 7.38. The third-order valence-electron chi connectivity index (χ3n) is 4.58. The average Bonchev–Trinajstić information content (AvgIpc) is 2.94. The summed E-state index contributed by atoms with van der Waals surface area (Å²) >= 11 is 5.14. The van der Waals surface area contributed by atoms with E-state index in [1.807, 2.05) is 18.2 Å². The Kier molecular flexibility index (Phi) is 5.06. The molecule has 0 spiro atoms. The number of anilines is 1. The van der Waals surface area contributed by atoms with Gasteiger partial charge in [0.1, 0.15) is 10.7 Å². The predicted octanol–water partition coefficient (Wildman–Crippen LogP) is 2.62. The van der Waals surface area contributed by atoms with E-state index in [2.05, 4.69) is 24.3 Å². The summed E-state index contributed by atoms with van der Waals surface area (Å²) in [4.78, 5) is 2.75. The van der Waals surface area contributed by atoms with Crippen molar-refractivity contribution in [2.45, 2.75) is 31.2 Å². The summed E-state index contributed by atoms with van der Waals surface area (Å²) in [6.07, 6.45) is 5.03. The van der Waals surface area contributed by atoms with Crippen LogP contribution >= 0.6 is 12.2 Å². The minimum atomic E-state index is 0.219. The molecule has 0 saturated heterocycles. The molecule has 3 N–H and O–H groups in total. The SMILES string of the molecule is COc1ccc(C(N)=S)c(NCC2(N(C)C)CCCC2)c1. The van der Waals surface area contributed by atoms with Gasteiger partial charge >= 0.3 is 0 Å². The van der Waals surface area contributed by atoms with E-state index in [1.54, 1.807) is 7.11 Å². The molecule has 2 rings (SSSR count). The van der Waals surface area contributed by atoms with Gasteiger partial charge in [-0.2, -0.15) is 0 Å². The molecule has 0 atom stereocenters. The van der Waals surface area contributed by atoms with Gasteiger partial charge in [0.05, 0.1) is 7.11 Å². The van der Waals surface area contributed by atoms with Gasteiger partial charge in [-0.15, -0.1) is 0 Å². The zero-order chi connectivity index (χ0) is 15.5. The second kappa shape index (κ2) is 6.62. The largest absolute Gasteiger partial charge is 0.497 e. The monoisotopic (exact) mass is 307 g/mol. The number of ether oxygens (including phenoxy) is 1. The van der Waals surface area contributed by atoms with E-state index in [0.29, 0.717) is 4.99 Å². The number of hydrogen-bond donors (Lipinski definition) is 2. The lowest BCUT2D eigenvalue weighted by Gasteiger charge is -2.37. The molecule has 5 heteroatoms. The number of likely N-dealkylation sites (N-methyl/N-ethyl adjacent to an activating group) is 1. The van der Waals surface area contributed by atoms with E-state index >= 15 is 0 Å². The maximum Gasteiger partial charge on any atom is 0.120 e. The van der Waals surface area contributed by atoms with Crippen LogP contribution in [-0.2, 0) is 0 Å². The van der Waals surface area contributed by atoms with Gasteiger partial charge in [0.15, 0.2) is 0 Å². The number of nitrogens with two attached hydrogens (primary N) is 1. The first kappa shape index (κ1) is 16.0. The molecule has 0 aromatic heterocycles. The predicted molar refractivity (Wildman–Crippen MR) is 92.3 cm³/mol. The van der Waals surface area contributed by atoms with Crippen LogP contribution in [0.5, 0.6) is 5.75 Å². The third kappa shape index (κ3) is 3.47. The Bertz CT molecular complexity index is 510. The lowest BCUT2D eigenvalue weighted by molar-refractivity contribution is 0.172. The molecular formula is C16H25N3OS. The molecule has 1 saturated carbocycles. The smallest absolute Gasteiger partial charge is 0.120 e. The van der Waals surface area contributed by atoms with Crippen LogP contribution in [0, 0.1) is 0 Å². The lowest BCUT2D eigenvalue weighted by atomic mass is 9.95. The third-order valence-corrected chi connectivity index (χ3v) is 4.80. The van der Waals surface area contributed by atoms with Crippen molar-refractivity contribution in [2.75, 3.05) is 33.1 Å². The van der Waals surface area contributed by atoms with E-state index in [0.717, 1.165) is 23.5 Å². The minimum Gasteiger partial charge on any atom is -0.497 e. The maximum absolute atomic E-state index is 5.82. The van der Waals surface area contributed by atoms with Crippen molar-refractivity contribution in [1.29, 1.82) is 0 Å². The minimum absolute atomic E-state index is 0.219. The molecule has 0 bridgehead atoms. The van der Waals surface area contributed by atoms with Gasteiger partial charge in [-0.05, 0) is 39.1 Å². The molecule has 116 valence electrons. The van der Waals surface area contributed by atoms with Crippen LogP contribution in [0.1, 0.15) is 31.2 Å². The molecule has 0 aliphatic heterocycles. The van der Waals surface area contributed by atoms with Crippen LogP contribution in [0.15, 0.2) is 18.2 Å². The van der Waals surface area contributed by atoms with Gasteiger partial charge in [0.25, 0.3) is 0 Å². The highest BCUT2D eigenvalue weighted by Crippen LogP contribution is 2.34. The molecule has 1 aromatic rings. The first-order chi connectivity index (χ1) is 9.98. The second-order valence-corrected chi connectivity index (χ2v) is 6.40. The van der Waals surface area contributed by atoms with Crippen molar-refractivity contribution in [3.8, 4) is 5.75 Å². The molecule has 1 aliphatic carbocycles. The fourth-order valence-corrected chi connectivity index (χ4v) is 3.26. The Hall–Kier alpha value is -1.33. The molecular weight excluding hydrogens is 282 g/mol. The summed E-state index contributed by atoms with van der Waals surface area (Å²) in [6.45, 7) is 0.892. The van der Waals surface area contributed by atoms with Crippen molar-refractivity contribution in [3.63, 3.8) is 0 Å². The van der Waals surface area contributed by atoms with Crippen molar-refractivity contribution >= 4 is 22.9 Å². The quantitative estimate of drug-likeness (QED) is 0.791. The van der Waals surface area contributed by atoms with Gasteiger partial charge in [0, 0.05) is 29.4 Å². The molecule has 1 aromatic carbocycles. The summed E-state index contributed by atoms with van der Waals surface area (Å²) in [5, 5.41) is 3.54. The van der Waals surface area contributed by atoms with E-state index in [4.69, 9.17) is 22.7 Å². The zero-order valence-corrected chi connectivity index (χ0v) is 13.9. The van der Waals surface area contributed by atoms with Crippen LogP contribution < -0.4 is 15.8 Å². The Labute approximate surface area is 132 Å². The number of rotatable bonds is 6. The molecule has 0 amide bonds. The summed E-state index contributed by atoms with van der Waals surface area (Å²) < 4.78 is 5.30. The number of thiocarbonyl (C=S) groups is 1. The van der Waals surface area contributed by atoms with Crippen molar-refractivity contribution in [3.05, 3.63) is 23.8 Å². The molecule has 21 heavy (non-hydrogen) atoms. The van der Waals surface area contributed by atoms with Gasteiger partial charge < -0.3 is 20.7 Å². The van der Waals surface area contributed by atoms with Crippen molar-refractivity contribution in [1.82, 2.24) is 4.90 Å². The Morgan fingerprint density at radius 1 is 1.38 bits per heavy atom. The Balaban J connectivity index is 2.20. The van der Waals surface area contributed by atoms with Crippen molar-refractivity contribution < 1.29 is 4.74 Å². The van der Waals surface area contributed by atoms with E-state index < -0.39 is 0 Å². The summed E-state index contributed by atoms with van der Waals surface area (Å²) in [7, 11) is 5.98. The fraction of sp³-hybridized carbons (Fsp3) is 0.562. The molecule has 4 nitrogen and oxygen atoms in total.